The zero-order chi connectivity index (χ0) is 17.7. The molecule has 2 rings (SSSR count). The Kier molecular flexibility index (Phi) is 5.58. The average molecular weight is 326 g/mol. The molecule has 0 unspecified atom stereocenters. The van der Waals surface area contributed by atoms with Crippen LogP contribution in [0.2, 0.25) is 0 Å². The average Bonchev–Trinajstić information content (AvgIpc) is 2.53. The number of hydrogen-bond acceptors (Lipinski definition) is 3. The number of carbonyl (C=O) groups is 2. The molecule has 1 amide bonds. The van der Waals surface area contributed by atoms with Gasteiger partial charge < -0.3 is 15.7 Å². The maximum Gasteiger partial charge on any atom is 0.335 e. The molecular weight excluding hydrogens is 304 g/mol. The molecule has 0 heterocycles. The standard InChI is InChI=1S/C19H22N2O3/c1-12(2)21-18(22)17-10-16(9-4-13(17)3)20-11-14-5-7-15(8-6-14)19(23)24/h4-10,12,20H,11H2,1-3H3,(H,21,22)(H,23,24). The van der Waals surface area contributed by atoms with Crippen LogP contribution in [0.25, 0.3) is 0 Å². The molecule has 0 spiro atoms. The highest BCUT2D eigenvalue weighted by Gasteiger charge is 2.11. The van der Waals surface area contributed by atoms with Crippen LogP contribution in [0.4, 0.5) is 5.69 Å². The van der Waals surface area contributed by atoms with Crippen molar-refractivity contribution in [1.29, 1.82) is 0 Å². The molecule has 24 heavy (non-hydrogen) atoms. The molecule has 5 heteroatoms. The van der Waals surface area contributed by atoms with E-state index in [4.69, 9.17) is 5.11 Å². The van der Waals surface area contributed by atoms with E-state index in [2.05, 4.69) is 10.6 Å². The van der Waals surface area contributed by atoms with E-state index in [1.807, 2.05) is 39.0 Å². The number of amides is 1. The third-order valence-electron chi connectivity index (χ3n) is 3.60. The van der Waals surface area contributed by atoms with Crippen LogP contribution in [0.5, 0.6) is 0 Å². The van der Waals surface area contributed by atoms with Crippen molar-refractivity contribution < 1.29 is 14.7 Å². The van der Waals surface area contributed by atoms with Crippen LogP contribution in [-0.2, 0) is 6.54 Å². The molecule has 0 saturated carbocycles. The fourth-order valence-corrected chi connectivity index (χ4v) is 2.29. The fourth-order valence-electron chi connectivity index (χ4n) is 2.29. The lowest BCUT2D eigenvalue weighted by molar-refractivity contribution is 0.0696. The summed E-state index contributed by atoms with van der Waals surface area (Å²) >= 11 is 0. The zero-order valence-corrected chi connectivity index (χ0v) is 14.1. The number of rotatable bonds is 6. The topological polar surface area (TPSA) is 78.4 Å². The minimum Gasteiger partial charge on any atom is -0.478 e. The van der Waals surface area contributed by atoms with Crippen molar-refractivity contribution in [2.24, 2.45) is 0 Å². The highest BCUT2D eigenvalue weighted by molar-refractivity contribution is 5.96. The van der Waals surface area contributed by atoms with Gasteiger partial charge in [-0.15, -0.1) is 0 Å². The van der Waals surface area contributed by atoms with Crippen LogP contribution in [0, 0.1) is 6.92 Å². The van der Waals surface area contributed by atoms with Crippen molar-refractivity contribution in [3.63, 3.8) is 0 Å². The van der Waals surface area contributed by atoms with Crippen molar-refractivity contribution in [3.05, 3.63) is 64.7 Å². The monoisotopic (exact) mass is 326 g/mol. The quantitative estimate of drug-likeness (QED) is 0.760. The summed E-state index contributed by atoms with van der Waals surface area (Å²) < 4.78 is 0. The Morgan fingerprint density at radius 3 is 2.33 bits per heavy atom. The van der Waals surface area contributed by atoms with Gasteiger partial charge in [-0.25, -0.2) is 4.79 Å². The molecule has 0 fully saturated rings. The second kappa shape index (κ2) is 7.64. The van der Waals surface area contributed by atoms with E-state index >= 15 is 0 Å². The van der Waals surface area contributed by atoms with E-state index in [0.29, 0.717) is 12.1 Å². The van der Waals surface area contributed by atoms with Gasteiger partial charge in [0.2, 0.25) is 0 Å². The largest absolute Gasteiger partial charge is 0.478 e. The van der Waals surface area contributed by atoms with Gasteiger partial charge in [0.15, 0.2) is 0 Å². The summed E-state index contributed by atoms with van der Waals surface area (Å²) in [5.74, 6) is -1.02. The molecule has 0 radical (unpaired) electrons. The maximum atomic E-state index is 12.2. The molecule has 2 aromatic rings. The smallest absolute Gasteiger partial charge is 0.335 e. The fraction of sp³-hybridized carbons (Fsp3) is 0.263. The number of aromatic carboxylic acids is 1. The summed E-state index contributed by atoms with van der Waals surface area (Å²) in [6.45, 7) is 6.31. The first-order valence-corrected chi connectivity index (χ1v) is 7.84. The molecule has 0 aliphatic carbocycles. The number of nitrogens with one attached hydrogen (secondary N) is 2. The molecule has 3 N–H and O–H groups in total. The second-order valence-electron chi connectivity index (χ2n) is 6.01. The first-order chi connectivity index (χ1) is 11.4. The Hall–Kier alpha value is -2.82. The molecule has 0 aromatic heterocycles. The Morgan fingerprint density at radius 1 is 1.08 bits per heavy atom. The molecule has 126 valence electrons. The van der Waals surface area contributed by atoms with Crippen molar-refractivity contribution in [2.45, 2.75) is 33.4 Å². The summed E-state index contributed by atoms with van der Waals surface area (Å²) in [7, 11) is 0. The summed E-state index contributed by atoms with van der Waals surface area (Å²) in [5.41, 5.74) is 3.65. The number of carboxylic acid groups (broad SMARTS) is 1. The van der Waals surface area contributed by atoms with Crippen LogP contribution < -0.4 is 10.6 Å². The van der Waals surface area contributed by atoms with Gasteiger partial charge in [-0.2, -0.15) is 0 Å². The summed E-state index contributed by atoms with van der Waals surface area (Å²) in [4.78, 5) is 23.1. The van der Waals surface area contributed by atoms with Gasteiger partial charge in [-0.05, 0) is 56.2 Å². The lowest BCUT2D eigenvalue weighted by atomic mass is 10.1. The van der Waals surface area contributed by atoms with E-state index in [9.17, 15) is 9.59 Å². The van der Waals surface area contributed by atoms with Gasteiger partial charge >= 0.3 is 5.97 Å². The highest BCUT2D eigenvalue weighted by Crippen LogP contribution is 2.17. The predicted molar refractivity (Wildman–Crippen MR) is 94.5 cm³/mol. The Morgan fingerprint density at radius 2 is 1.75 bits per heavy atom. The Labute approximate surface area is 141 Å². The first kappa shape index (κ1) is 17.5. The third-order valence-corrected chi connectivity index (χ3v) is 3.60. The van der Waals surface area contributed by atoms with E-state index in [0.717, 1.165) is 16.8 Å². The van der Waals surface area contributed by atoms with Crippen LogP contribution in [0.1, 0.15) is 45.7 Å². The number of carbonyl (C=O) groups excluding carboxylic acids is 1. The summed E-state index contributed by atoms with van der Waals surface area (Å²) in [6.07, 6.45) is 0. The third kappa shape index (κ3) is 4.59. The molecule has 0 bridgehead atoms. The van der Waals surface area contributed by atoms with Gasteiger partial charge in [0, 0.05) is 23.8 Å². The van der Waals surface area contributed by atoms with Crippen LogP contribution >= 0.6 is 0 Å². The van der Waals surface area contributed by atoms with Crippen molar-refractivity contribution in [1.82, 2.24) is 5.32 Å². The Bertz CT molecular complexity index is 737. The van der Waals surface area contributed by atoms with Crippen LogP contribution in [0.3, 0.4) is 0 Å². The van der Waals surface area contributed by atoms with Crippen LogP contribution in [0.15, 0.2) is 42.5 Å². The van der Waals surface area contributed by atoms with Gasteiger partial charge in [0.1, 0.15) is 0 Å². The first-order valence-electron chi connectivity index (χ1n) is 7.84. The zero-order valence-electron chi connectivity index (χ0n) is 14.1. The van der Waals surface area contributed by atoms with Crippen molar-refractivity contribution in [2.75, 3.05) is 5.32 Å². The molecule has 5 nitrogen and oxygen atoms in total. The normalized spacial score (nSPS) is 10.5. The second-order valence-corrected chi connectivity index (χ2v) is 6.01. The number of benzene rings is 2. The predicted octanol–water partition coefficient (Wildman–Crippen LogP) is 3.44. The van der Waals surface area contributed by atoms with E-state index in [1.165, 1.54) is 0 Å². The van der Waals surface area contributed by atoms with E-state index < -0.39 is 5.97 Å². The van der Waals surface area contributed by atoms with Gasteiger partial charge in [0.05, 0.1) is 5.56 Å². The molecular formula is C19H22N2O3. The Balaban J connectivity index is 2.07. The van der Waals surface area contributed by atoms with Crippen molar-refractivity contribution >= 4 is 17.6 Å². The molecule has 0 aliphatic rings. The number of anilines is 1. The number of aryl methyl sites for hydroxylation is 1. The minimum absolute atomic E-state index is 0.0845. The van der Waals surface area contributed by atoms with Crippen LogP contribution in [-0.4, -0.2) is 23.0 Å². The number of hydrogen-bond donors (Lipinski definition) is 3. The summed E-state index contributed by atoms with van der Waals surface area (Å²) in [6, 6.07) is 12.5. The lowest BCUT2D eigenvalue weighted by Crippen LogP contribution is -2.30. The molecule has 2 aromatic carbocycles. The molecule has 0 atom stereocenters. The lowest BCUT2D eigenvalue weighted by Gasteiger charge is -2.13. The van der Waals surface area contributed by atoms with Crippen molar-refractivity contribution in [3.8, 4) is 0 Å². The maximum absolute atomic E-state index is 12.2. The number of carboxylic acids is 1. The molecule has 0 saturated heterocycles. The minimum atomic E-state index is -0.936. The van der Waals surface area contributed by atoms with E-state index in [1.54, 1.807) is 24.3 Å². The van der Waals surface area contributed by atoms with E-state index in [-0.39, 0.29) is 17.5 Å². The highest BCUT2D eigenvalue weighted by atomic mass is 16.4. The van der Waals surface area contributed by atoms with Gasteiger partial charge in [-0.1, -0.05) is 18.2 Å². The molecule has 0 aliphatic heterocycles. The summed E-state index contributed by atoms with van der Waals surface area (Å²) in [5, 5.41) is 15.1. The van der Waals surface area contributed by atoms with Gasteiger partial charge in [-0.3, -0.25) is 4.79 Å². The van der Waals surface area contributed by atoms with Gasteiger partial charge in [0.25, 0.3) is 5.91 Å². The SMILES string of the molecule is Cc1ccc(NCc2ccc(C(=O)O)cc2)cc1C(=O)NC(C)C.